The number of hydrogen-bond donors (Lipinski definition) is 1. The van der Waals surface area contributed by atoms with Gasteiger partial charge >= 0.3 is 0 Å². The van der Waals surface area contributed by atoms with Crippen molar-refractivity contribution in [2.45, 2.75) is 32.1 Å². The highest BCUT2D eigenvalue weighted by Gasteiger charge is 2.14. The molecule has 100 valence electrons. The molecule has 1 N–H and O–H groups in total. The molecular weight excluding hydrogens is 244 g/mol. The van der Waals surface area contributed by atoms with Gasteiger partial charge in [0.05, 0.1) is 0 Å². The Morgan fingerprint density at radius 1 is 0.850 bits per heavy atom. The van der Waals surface area contributed by atoms with Gasteiger partial charge in [0, 0.05) is 29.0 Å². The summed E-state index contributed by atoms with van der Waals surface area (Å²) in [5, 5.41) is 1.41. The van der Waals surface area contributed by atoms with Crippen LogP contribution in [0, 0.1) is 0 Å². The van der Waals surface area contributed by atoms with Crippen LogP contribution in [0.1, 0.15) is 30.5 Å². The molecule has 0 saturated carbocycles. The Hall–Kier alpha value is -2.09. The van der Waals surface area contributed by atoms with Crippen LogP contribution >= 0.6 is 0 Å². The first-order valence-electron chi connectivity index (χ1n) is 7.46. The van der Waals surface area contributed by atoms with Crippen LogP contribution in [0.5, 0.6) is 0 Å². The Morgan fingerprint density at radius 3 is 2.60 bits per heavy atom. The van der Waals surface area contributed by atoms with Crippen molar-refractivity contribution in [3.05, 3.63) is 54.0 Å². The second-order valence-electron chi connectivity index (χ2n) is 5.64. The van der Waals surface area contributed by atoms with E-state index in [2.05, 4.69) is 40.3 Å². The van der Waals surface area contributed by atoms with E-state index in [1.807, 2.05) is 12.4 Å². The van der Waals surface area contributed by atoms with Gasteiger partial charge in [-0.1, -0.05) is 12.5 Å². The quantitative estimate of drug-likeness (QED) is 0.643. The zero-order valence-electron chi connectivity index (χ0n) is 11.5. The number of benzene rings is 1. The fourth-order valence-corrected chi connectivity index (χ4v) is 3.31. The lowest BCUT2D eigenvalue weighted by Crippen LogP contribution is -1.86. The van der Waals surface area contributed by atoms with Gasteiger partial charge in [0.15, 0.2) is 0 Å². The van der Waals surface area contributed by atoms with Gasteiger partial charge in [-0.2, -0.15) is 0 Å². The first kappa shape index (κ1) is 11.7. The molecule has 0 saturated heterocycles. The van der Waals surface area contributed by atoms with Crippen LogP contribution in [0.15, 0.2) is 42.7 Å². The van der Waals surface area contributed by atoms with Crippen molar-refractivity contribution in [2.24, 2.45) is 0 Å². The summed E-state index contributed by atoms with van der Waals surface area (Å²) in [5.41, 5.74) is 6.82. The smallest absolute Gasteiger partial charge is 0.0459 e. The predicted molar refractivity (Wildman–Crippen MR) is 82.8 cm³/mol. The molecule has 4 rings (SSSR count). The number of nitrogens with one attached hydrogen (secondary N) is 1. The molecule has 1 aliphatic rings. The molecule has 0 amide bonds. The third-order valence-electron chi connectivity index (χ3n) is 4.36. The van der Waals surface area contributed by atoms with Crippen molar-refractivity contribution < 1.29 is 0 Å². The summed E-state index contributed by atoms with van der Waals surface area (Å²) in [6.07, 6.45) is 10.1. The van der Waals surface area contributed by atoms with Gasteiger partial charge in [-0.25, -0.2) is 0 Å². The largest absolute Gasteiger partial charge is 0.358 e. The van der Waals surface area contributed by atoms with Gasteiger partial charge in [0.2, 0.25) is 0 Å². The molecule has 2 heteroatoms. The van der Waals surface area contributed by atoms with Crippen LogP contribution in [-0.2, 0) is 12.8 Å². The average molecular weight is 262 g/mol. The van der Waals surface area contributed by atoms with E-state index in [0.717, 1.165) is 0 Å². The number of fused-ring (bicyclic) bond motifs is 3. The maximum absolute atomic E-state index is 4.10. The number of nitrogens with zero attached hydrogens (tertiary/aromatic N) is 1. The summed E-state index contributed by atoms with van der Waals surface area (Å²) in [5.74, 6) is 0. The minimum Gasteiger partial charge on any atom is -0.358 e. The molecule has 0 bridgehead atoms. The topological polar surface area (TPSA) is 28.7 Å². The molecule has 0 radical (unpaired) electrons. The fraction of sp³-hybridized carbons (Fsp3) is 0.278. The summed E-state index contributed by atoms with van der Waals surface area (Å²) in [6.45, 7) is 0. The summed E-state index contributed by atoms with van der Waals surface area (Å²) in [7, 11) is 0. The number of rotatable bonds is 1. The molecule has 0 spiro atoms. The van der Waals surface area contributed by atoms with Gasteiger partial charge in [0.25, 0.3) is 0 Å². The van der Waals surface area contributed by atoms with Crippen molar-refractivity contribution in [1.29, 1.82) is 0 Å². The second-order valence-corrected chi connectivity index (χ2v) is 5.64. The Bertz CT molecular complexity index is 741. The standard InChI is InChI=1S/C18H18N2/c1-2-4-15-16-12-14(13-8-10-19-11-9-13)6-7-18(16)20-17(15)5-3-1/h6-12,20H,1-5H2. The van der Waals surface area contributed by atoms with E-state index >= 15 is 0 Å². The molecule has 2 heterocycles. The van der Waals surface area contributed by atoms with E-state index in [9.17, 15) is 0 Å². The lowest BCUT2D eigenvalue weighted by Gasteiger charge is -2.03. The van der Waals surface area contributed by atoms with E-state index in [1.54, 1.807) is 5.56 Å². The Balaban J connectivity index is 1.88. The number of hydrogen-bond acceptors (Lipinski definition) is 1. The van der Waals surface area contributed by atoms with E-state index in [4.69, 9.17) is 0 Å². The summed E-state index contributed by atoms with van der Waals surface area (Å²) < 4.78 is 0. The number of pyridine rings is 1. The number of aryl methyl sites for hydroxylation is 2. The summed E-state index contributed by atoms with van der Waals surface area (Å²) in [6, 6.07) is 10.9. The maximum atomic E-state index is 4.10. The number of aromatic nitrogens is 2. The molecule has 1 aromatic carbocycles. The highest BCUT2D eigenvalue weighted by Crippen LogP contribution is 2.31. The van der Waals surface area contributed by atoms with Gasteiger partial charge in [0.1, 0.15) is 0 Å². The molecule has 3 aromatic rings. The minimum absolute atomic E-state index is 1.20. The van der Waals surface area contributed by atoms with Gasteiger partial charge in [-0.15, -0.1) is 0 Å². The van der Waals surface area contributed by atoms with E-state index in [1.165, 1.54) is 59.8 Å². The highest BCUT2D eigenvalue weighted by atomic mass is 14.7. The van der Waals surface area contributed by atoms with Crippen LogP contribution in [0.25, 0.3) is 22.0 Å². The molecule has 2 aromatic heterocycles. The maximum Gasteiger partial charge on any atom is 0.0459 e. The Morgan fingerprint density at radius 2 is 1.70 bits per heavy atom. The van der Waals surface area contributed by atoms with E-state index in [-0.39, 0.29) is 0 Å². The summed E-state index contributed by atoms with van der Waals surface area (Å²) >= 11 is 0. The normalized spacial score (nSPS) is 15.0. The van der Waals surface area contributed by atoms with Crippen LogP contribution < -0.4 is 0 Å². The molecule has 0 aliphatic heterocycles. The van der Waals surface area contributed by atoms with Gasteiger partial charge < -0.3 is 4.98 Å². The highest BCUT2D eigenvalue weighted by molar-refractivity contribution is 5.89. The average Bonchev–Trinajstić information content (AvgIpc) is 2.69. The van der Waals surface area contributed by atoms with Crippen molar-refractivity contribution in [3.63, 3.8) is 0 Å². The van der Waals surface area contributed by atoms with Crippen molar-refractivity contribution >= 4 is 10.9 Å². The number of H-pyrrole nitrogens is 1. The fourth-order valence-electron chi connectivity index (χ4n) is 3.31. The first-order valence-corrected chi connectivity index (χ1v) is 7.46. The third-order valence-corrected chi connectivity index (χ3v) is 4.36. The molecule has 0 fully saturated rings. The van der Waals surface area contributed by atoms with E-state index < -0.39 is 0 Å². The first-order chi connectivity index (χ1) is 9.92. The monoisotopic (exact) mass is 262 g/mol. The van der Waals surface area contributed by atoms with Gasteiger partial charge in [-0.3, -0.25) is 4.98 Å². The summed E-state index contributed by atoms with van der Waals surface area (Å²) in [4.78, 5) is 7.72. The van der Waals surface area contributed by atoms with Crippen LogP contribution in [0.2, 0.25) is 0 Å². The molecule has 2 nitrogen and oxygen atoms in total. The second kappa shape index (κ2) is 4.78. The SMILES string of the molecule is c1cc(-c2ccc3[nH]c4c(c3c2)CCCCC4)ccn1. The zero-order chi connectivity index (χ0) is 13.4. The van der Waals surface area contributed by atoms with Crippen molar-refractivity contribution in [1.82, 2.24) is 9.97 Å². The van der Waals surface area contributed by atoms with Crippen molar-refractivity contribution in [2.75, 3.05) is 0 Å². The molecule has 0 atom stereocenters. The molecule has 1 aliphatic carbocycles. The minimum atomic E-state index is 1.20. The van der Waals surface area contributed by atoms with Crippen molar-refractivity contribution in [3.8, 4) is 11.1 Å². The van der Waals surface area contributed by atoms with Gasteiger partial charge in [-0.05, 0) is 66.6 Å². The number of aromatic amines is 1. The molecular formula is C18H18N2. The van der Waals surface area contributed by atoms with Crippen LogP contribution in [0.4, 0.5) is 0 Å². The lowest BCUT2D eigenvalue weighted by atomic mass is 10.0. The lowest BCUT2D eigenvalue weighted by molar-refractivity contribution is 0.708. The predicted octanol–water partition coefficient (Wildman–Crippen LogP) is 4.50. The molecule has 0 unspecified atom stereocenters. The Kier molecular flexibility index (Phi) is 2.80. The Labute approximate surface area is 118 Å². The third kappa shape index (κ3) is 1.92. The van der Waals surface area contributed by atoms with Crippen LogP contribution in [0.3, 0.4) is 0 Å². The zero-order valence-corrected chi connectivity index (χ0v) is 11.5. The van der Waals surface area contributed by atoms with E-state index in [0.29, 0.717) is 0 Å². The molecule has 20 heavy (non-hydrogen) atoms. The van der Waals surface area contributed by atoms with Crippen LogP contribution in [-0.4, -0.2) is 9.97 Å².